The van der Waals surface area contributed by atoms with Gasteiger partial charge in [0.1, 0.15) is 0 Å². The lowest BCUT2D eigenvalue weighted by atomic mass is 10.0. The van der Waals surface area contributed by atoms with Gasteiger partial charge in [-0.3, -0.25) is 19.4 Å². The molecule has 140 valence electrons. The molecule has 2 N–H and O–H groups in total. The standard InChI is InChI=1S/C20H22N4O3/c1-14(25)22-18-6-2-4-15(12-18)20(27)24-10-7-17(8-11-24)23-19(26)16-5-3-9-21-13-16/h2-6,9,12-13,17H,7-8,10-11H2,1H3,(H,22,25)(H,23,26). The van der Waals surface area contributed by atoms with Gasteiger partial charge in [-0.25, -0.2) is 0 Å². The zero-order valence-electron chi connectivity index (χ0n) is 15.1. The molecular weight excluding hydrogens is 344 g/mol. The van der Waals surface area contributed by atoms with E-state index in [0.717, 1.165) is 0 Å². The van der Waals surface area contributed by atoms with Gasteiger partial charge in [0.2, 0.25) is 5.91 Å². The predicted octanol–water partition coefficient (Wildman–Crippen LogP) is 2.07. The van der Waals surface area contributed by atoms with Crippen LogP contribution in [0.25, 0.3) is 0 Å². The highest BCUT2D eigenvalue weighted by Gasteiger charge is 2.25. The molecule has 1 saturated heterocycles. The van der Waals surface area contributed by atoms with Gasteiger partial charge in [0.15, 0.2) is 0 Å². The Morgan fingerprint density at radius 1 is 1.07 bits per heavy atom. The zero-order chi connectivity index (χ0) is 19.2. The molecule has 1 aliphatic rings. The van der Waals surface area contributed by atoms with Crippen LogP contribution < -0.4 is 10.6 Å². The molecule has 0 unspecified atom stereocenters. The highest BCUT2D eigenvalue weighted by Crippen LogP contribution is 2.17. The Bertz CT molecular complexity index is 830. The lowest BCUT2D eigenvalue weighted by molar-refractivity contribution is -0.114. The average molecular weight is 366 g/mol. The first-order chi connectivity index (χ1) is 13.0. The summed E-state index contributed by atoms with van der Waals surface area (Å²) in [4.78, 5) is 41.8. The molecule has 2 aromatic rings. The number of carbonyl (C=O) groups is 3. The van der Waals surface area contributed by atoms with Gasteiger partial charge >= 0.3 is 0 Å². The number of amides is 3. The molecule has 1 aromatic heterocycles. The molecule has 1 aliphatic heterocycles. The third-order valence-electron chi connectivity index (χ3n) is 4.47. The van der Waals surface area contributed by atoms with Crippen LogP contribution in [0.3, 0.4) is 0 Å². The summed E-state index contributed by atoms with van der Waals surface area (Å²) in [5, 5.41) is 5.69. The quantitative estimate of drug-likeness (QED) is 0.867. The molecule has 0 saturated carbocycles. The molecular formula is C20H22N4O3. The Morgan fingerprint density at radius 2 is 1.81 bits per heavy atom. The van der Waals surface area contributed by atoms with E-state index in [9.17, 15) is 14.4 Å². The van der Waals surface area contributed by atoms with Crippen LogP contribution in [0.4, 0.5) is 5.69 Å². The summed E-state index contributed by atoms with van der Waals surface area (Å²) >= 11 is 0. The van der Waals surface area contributed by atoms with E-state index in [0.29, 0.717) is 42.7 Å². The van der Waals surface area contributed by atoms with Gasteiger partial charge < -0.3 is 15.5 Å². The van der Waals surface area contributed by atoms with E-state index in [4.69, 9.17) is 0 Å². The summed E-state index contributed by atoms with van der Waals surface area (Å²) in [5.74, 6) is -0.389. The van der Waals surface area contributed by atoms with Gasteiger partial charge in [0.05, 0.1) is 5.56 Å². The fourth-order valence-electron chi connectivity index (χ4n) is 3.11. The Balaban J connectivity index is 1.55. The lowest BCUT2D eigenvalue weighted by Crippen LogP contribution is -2.46. The van der Waals surface area contributed by atoms with Gasteiger partial charge in [-0.15, -0.1) is 0 Å². The van der Waals surface area contributed by atoms with E-state index in [1.807, 2.05) is 0 Å². The molecule has 0 radical (unpaired) electrons. The number of nitrogens with zero attached hydrogens (tertiary/aromatic N) is 2. The molecule has 3 rings (SSSR count). The molecule has 0 aliphatic carbocycles. The first-order valence-corrected chi connectivity index (χ1v) is 8.91. The summed E-state index contributed by atoms with van der Waals surface area (Å²) in [5.41, 5.74) is 1.68. The van der Waals surface area contributed by atoms with Crippen LogP contribution in [0.15, 0.2) is 48.8 Å². The van der Waals surface area contributed by atoms with Crippen molar-refractivity contribution < 1.29 is 14.4 Å². The summed E-state index contributed by atoms with van der Waals surface area (Å²) < 4.78 is 0. The number of rotatable bonds is 4. The third-order valence-corrected chi connectivity index (χ3v) is 4.47. The van der Waals surface area contributed by atoms with Crippen molar-refractivity contribution in [1.29, 1.82) is 0 Å². The minimum absolute atomic E-state index is 0.0347. The van der Waals surface area contributed by atoms with E-state index in [1.54, 1.807) is 47.5 Å². The number of aromatic nitrogens is 1. The van der Waals surface area contributed by atoms with E-state index < -0.39 is 0 Å². The van der Waals surface area contributed by atoms with Crippen molar-refractivity contribution in [1.82, 2.24) is 15.2 Å². The molecule has 27 heavy (non-hydrogen) atoms. The number of hydrogen-bond acceptors (Lipinski definition) is 4. The first kappa shape index (κ1) is 18.6. The van der Waals surface area contributed by atoms with Crippen LogP contribution in [0.1, 0.15) is 40.5 Å². The van der Waals surface area contributed by atoms with Gasteiger partial charge in [0.25, 0.3) is 11.8 Å². The molecule has 1 fully saturated rings. The van der Waals surface area contributed by atoms with Gasteiger partial charge in [-0.2, -0.15) is 0 Å². The number of likely N-dealkylation sites (tertiary alicyclic amines) is 1. The van der Waals surface area contributed by atoms with Crippen molar-refractivity contribution in [2.24, 2.45) is 0 Å². The van der Waals surface area contributed by atoms with Crippen molar-refractivity contribution in [3.8, 4) is 0 Å². The molecule has 3 amide bonds. The Kier molecular flexibility index (Phi) is 5.80. The van der Waals surface area contributed by atoms with Gasteiger partial charge in [0, 0.05) is 49.7 Å². The third kappa shape index (κ3) is 4.91. The Hall–Kier alpha value is -3.22. The molecule has 0 atom stereocenters. The molecule has 0 spiro atoms. The zero-order valence-corrected chi connectivity index (χ0v) is 15.1. The number of pyridine rings is 1. The van der Waals surface area contributed by atoms with Crippen LogP contribution >= 0.6 is 0 Å². The number of carbonyl (C=O) groups excluding carboxylic acids is 3. The fraction of sp³-hybridized carbons (Fsp3) is 0.300. The SMILES string of the molecule is CC(=O)Nc1cccc(C(=O)N2CCC(NC(=O)c3cccnc3)CC2)c1. The number of hydrogen-bond donors (Lipinski definition) is 2. The van der Waals surface area contributed by atoms with Crippen LogP contribution in [-0.4, -0.2) is 46.7 Å². The van der Waals surface area contributed by atoms with E-state index in [-0.39, 0.29) is 23.8 Å². The predicted molar refractivity (Wildman–Crippen MR) is 101 cm³/mol. The van der Waals surface area contributed by atoms with Crippen LogP contribution in [0.2, 0.25) is 0 Å². The molecule has 0 bridgehead atoms. The second kappa shape index (κ2) is 8.44. The first-order valence-electron chi connectivity index (χ1n) is 8.91. The summed E-state index contributed by atoms with van der Waals surface area (Å²) in [6, 6.07) is 10.4. The fourth-order valence-corrected chi connectivity index (χ4v) is 3.11. The molecule has 7 nitrogen and oxygen atoms in total. The van der Waals surface area contributed by atoms with Crippen molar-refractivity contribution in [2.45, 2.75) is 25.8 Å². The molecule has 2 heterocycles. The Morgan fingerprint density at radius 3 is 2.48 bits per heavy atom. The van der Waals surface area contributed by atoms with Crippen molar-refractivity contribution in [2.75, 3.05) is 18.4 Å². The van der Waals surface area contributed by atoms with Crippen LogP contribution in [0, 0.1) is 0 Å². The second-order valence-corrected chi connectivity index (χ2v) is 6.54. The summed E-state index contributed by atoms with van der Waals surface area (Å²) in [6.45, 7) is 2.57. The number of benzene rings is 1. The Labute approximate surface area is 157 Å². The minimum atomic E-state index is -0.176. The smallest absolute Gasteiger partial charge is 0.253 e. The average Bonchev–Trinajstić information content (AvgIpc) is 2.68. The van der Waals surface area contributed by atoms with Crippen LogP contribution in [0.5, 0.6) is 0 Å². The lowest BCUT2D eigenvalue weighted by Gasteiger charge is -2.32. The van der Waals surface area contributed by atoms with Gasteiger partial charge in [-0.05, 0) is 43.2 Å². The minimum Gasteiger partial charge on any atom is -0.349 e. The van der Waals surface area contributed by atoms with Crippen molar-refractivity contribution in [3.63, 3.8) is 0 Å². The van der Waals surface area contributed by atoms with Gasteiger partial charge in [-0.1, -0.05) is 6.07 Å². The van der Waals surface area contributed by atoms with E-state index in [2.05, 4.69) is 15.6 Å². The normalized spacial score (nSPS) is 14.5. The molecule has 1 aromatic carbocycles. The monoisotopic (exact) mass is 366 g/mol. The highest BCUT2D eigenvalue weighted by molar-refractivity contribution is 5.97. The maximum Gasteiger partial charge on any atom is 0.253 e. The van der Waals surface area contributed by atoms with E-state index in [1.165, 1.54) is 13.1 Å². The second-order valence-electron chi connectivity index (χ2n) is 6.54. The molecule has 7 heteroatoms. The van der Waals surface area contributed by atoms with Crippen LogP contribution in [-0.2, 0) is 4.79 Å². The maximum atomic E-state index is 12.7. The van der Waals surface area contributed by atoms with E-state index >= 15 is 0 Å². The highest BCUT2D eigenvalue weighted by atomic mass is 16.2. The maximum absolute atomic E-state index is 12.7. The summed E-state index contributed by atoms with van der Waals surface area (Å²) in [7, 11) is 0. The number of piperidine rings is 1. The topological polar surface area (TPSA) is 91.4 Å². The number of anilines is 1. The summed E-state index contributed by atoms with van der Waals surface area (Å²) in [6.07, 6.45) is 4.56. The van der Waals surface area contributed by atoms with Crippen molar-refractivity contribution in [3.05, 3.63) is 59.9 Å². The van der Waals surface area contributed by atoms with Crippen molar-refractivity contribution >= 4 is 23.4 Å². The largest absolute Gasteiger partial charge is 0.349 e. The number of nitrogens with one attached hydrogen (secondary N) is 2.